The Morgan fingerprint density at radius 3 is 2.48 bits per heavy atom. The van der Waals surface area contributed by atoms with Crippen molar-refractivity contribution in [1.82, 2.24) is 15.8 Å². The fourth-order valence-electron chi connectivity index (χ4n) is 3.46. The fraction of sp³-hybridized carbons (Fsp3) is 0.588. The summed E-state index contributed by atoms with van der Waals surface area (Å²) in [7, 11) is 0. The predicted octanol–water partition coefficient (Wildman–Crippen LogP) is 1.87. The highest BCUT2D eigenvalue weighted by molar-refractivity contribution is 6.30. The van der Waals surface area contributed by atoms with Crippen molar-refractivity contribution in [3.05, 3.63) is 34.9 Å². The van der Waals surface area contributed by atoms with Crippen LogP contribution in [0, 0.1) is 5.92 Å². The second-order valence-corrected chi connectivity index (χ2v) is 7.07. The molecule has 23 heavy (non-hydrogen) atoms. The Bertz CT molecular complexity index is 543. The molecule has 0 saturated carbocycles. The van der Waals surface area contributed by atoms with Gasteiger partial charge in [-0.25, -0.2) is 5.43 Å². The standard InChI is InChI=1S/C17H24ClN3O2/c1-11-10-15(20-19-11)17(23)21-8-6-13(7-9-21)16(22)12-2-4-14(18)5-3-12/h2-5,11,13,15-16,19-20,22H,6-10H2,1H3. The van der Waals surface area contributed by atoms with Crippen molar-refractivity contribution in [3.63, 3.8) is 0 Å². The molecule has 6 heteroatoms. The predicted molar refractivity (Wildman–Crippen MR) is 89.9 cm³/mol. The van der Waals surface area contributed by atoms with Gasteiger partial charge in [-0.2, -0.15) is 0 Å². The summed E-state index contributed by atoms with van der Waals surface area (Å²) in [5.41, 5.74) is 7.06. The largest absolute Gasteiger partial charge is 0.388 e. The van der Waals surface area contributed by atoms with E-state index in [2.05, 4.69) is 17.8 Å². The monoisotopic (exact) mass is 337 g/mol. The Balaban J connectivity index is 1.53. The van der Waals surface area contributed by atoms with Gasteiger partial charge < -0.3 is 10.0 Å². The van der Waals surface area contributed by atoms with Crippen LogP contribution in [0.5, 0.6) is 0 Å². The number of rotatable bonds is 3. The smallest absolute Gasteiger partial charge is 0.241 e. The zero-order valence-electron chi connectivity index (χ0n) is 13.3. The summed E-state index contributed by atoms with van der Waals surface area (Å²) in [5, 5.41) is 11.2. The van der Waals surface area contributed by atoms with Crippen LogP contribution in [0.25, 0.3) is 0 Å². The molecule has 2 saturated heterocycles. The Labute approximate surface area is 142 Å². The molecule has 1 aromatic rings. The van der Waals surface area contributed by atoms with E-state index in [-0.39, 0.29) is 17.9 Å². The lowest BCUT2D eigenvalue weighted by Crippen LogP contribution is -2.48. The number of amides is 1. The topological polar surface area (TPSA) is 64.6 Å². The molecule has 3 unspecified atom stereocenters. The molecule has 126 valence electrons. The molecule has 0 bridgehead atoms. The molecule has 3 atom stereocenters. The third-order valence-electron chi connectivity index (χ3n) is 4.90. The van der Waals surface area contributed by atoms with Crippen LogP contribution >= 0.6 is 11.6 Å². The molecule has 0 radical (unpaired) electrons. The summed E-state index contributed by atoms with van der Waals surface area (Å²) in [6.07, 6.45) is 1.98. The molecule has 3 rings (SSSR count). The lowest BCUT2D eigenvalue weighted by Gasteiger charge is -2.35. The van der Waals surface area contributed by atoms with Gasteiger partial charge in [-0.3, -0.25) is 10.2 Å². The number of piperidine rings is 1. The molecule has 3 N–H and O–H groups in total. The lowest BCUT2D eigenvalue weighted by molar-refractivity contribution is -0.135. The van der Waals surface area contributed by atoms with Gasteiger partial charge in [-0.15, -0.1) is 0 Å². The van der Waals surface area contributed by atoms with Crippen molar-refractivity contribution >= 4 is 17.5 Å². The number of hydrazine groups is 1. The molecule has 2 fully saturated rings. The molecule has 2 aliphatic heterocycles. The number of carbonyl (C=O) groups is 1. The zero-order chi connectivity index (χ0) is 16.4. The summed E-state index contributed by atoms with van der Waals surface area (Å²) in [4.78, 5) is 14.4. The Hall–Kier alpha value is -1.14. The summed E-state index contributed by atoms with van der Waals surface area (Å²) in [5.74, 6) is 0.357. The number of likely N-dealkylation sites (tertiary alicyclic amines) is 1. The van der Waals surface area contributed by atoms with E-state index < -0.39 is 6.10 Å². The van der Waals surface area contributed by atoms with E-state index in [1.54, 1.807) is 12.1 Å². The van der Waals surface area contributed by atoms with Crippen molar-refractivity contribution in [1.29, 1.82) is 0 Å². The van der Waals surface area contributed by atoms with Crippen molar-refractivity contribution < 1.29 is 9.90 Å². The van der Waals surface area contributed by atoms with Gasteiger partial charge in [0.15, 0.2) is 0 Å². The molecule has 1 amide bonds. The third kappa shape index (κ3) is 3.86. The Morgan fingerprint density at radius 2 is 1.91 bits per heavy atom. The van der Waals surface area contributed by atoms with Gasteiger partial charge in [0.2, 0.25) is 5.91 Å². The van der Waals surface area contributed by atoms with Crippen LogP contribution in [-0.4, -0.2) is 41.1 Å². The van der Waals surface area contributed by atoms with Gasteiger partial charge in [-0.05, 0) is 49.8 Å². The highest BCUT2D eigenvalue weighted by Crippen LogP contribution is 2.31. The Morgan fingerprint density at radius 1 is 1.26 bits per heavy atom. The quantitative estimate of drug-likeness (QED) is 0.788. The lowest BCUT2D eigenvalue weighted by atomic mass is 9.87. The number of hydrogen-bond acceptors (Lipinski definition) is 4. The van der Waals surface area contributed by atoms with Crippen LogP contribution in [0.4, 0.5) is 0 Å². The number of halogens is 1. The van der Waals surface area contributed by atoms with E-state index >= 15 is 0 Å². The van der Waals surface area contributed by atoms with Crippen LogP contribution in [0.15, 0.2) is 24.3 Å². The second kappa shape index (κ2) is 7.18. The fourth-order valence-corrected chi connectivity index (χ4v) is 3.59. The average molecular weight is 338 g/mol. The maximum atomic E-state index is 12.5. The number of carbonyl (C=O) groups excluding carboxylic acids is 1. The van der Waals surface area contributed by atoms with E-state index in [0.29, 0.717) is 24.2 Å². The van der Waals surface area contributed by atoms with Gasteiger partial charge in [0.25, 0.3) is 0 Å². The minimum Gasteiger partial charge on any atom is -0.388 e. The van der Waals surface area contributed by atoms with E-state index in [1.807, 2.05) is 17.0 Å². The summed E-state index contributed by atoms with van der Waals surface area (Å²) in [6.45, 7) is 3.48. The van der Waals surface area contributed by atoms with Crippen LogP contribution in [0.2, 0.25) is 5.02 Å². The first-order chi connectivity index (χ1) is 11.0. The van der Waals surface area contributed by atoms with Crippen LogP contribution in [0.3, 0.4) is 0 Å². The number of nitrogens with zero attached hydrogens (tertiary/aromatic N) is 1. The molecular weight excluding hydrogens is 314 g/mol. The summed E-state index contributed by atoms with van der Waals surface area (Å²) in [6, 6.07) is 7.56. The number of benzene rings is 1. The minimum absolute atomic E-state index is 0.122. The van der Waals surface area contributed by atoms with Gasteiger partial charge in [0, 0.05) is 24.2 Å². The van der Waals surface area contributed by atoms with Crippen molar-refractivity contribution in [3.8, 4) is 0 Å². The van der Waals surface area contributed by atoms with E-state index in [0.717, 1.165) is 24.8 Å². The molecule has 0 aliphatic carbocycles. The normalized spacial score (nSPS) is 27.2. The molecule has 5 nitrogen and oxygen atoms in total. The van der Waals surface area contributed by atoms with Crippen LogP contribution in [-0.2, 0) is 4.79 Å². The van der Waals surface area contributed by atoms with Gasteiger partial charge in [0.1, 0.15) is 6.04 Å². The van der Waals surface area contributed by atoms with Crippen LogP contribution < -0.4 is 10.9 Å². The number of aliphatic hydroxyl groups is 1. The maximum absolute atomic E-state index is 12.5. The molecule has 0 aromatic heterocycles. The van der Waals surface area contributed by atoms with Gasteiger partial charge in [-0.1, -0.05) is 23.7 Å². The maximum Gasteiger partial charge on any atom is 0.241 e. The molecule has 2 heterocycles. The molecule has 0 spiro atoms. The van der Waals surface area contributed by atoms with Crippen molar-refractivity contribution in [2.75, 3.05) is 13.1 Å². The van der Waals surface area contributed by atoms with E-state index in [1.165, 1.54) is 0 Å². The summed E-state index contributed by atoms with van der Waals surface area (Å²) >= 11 is 5.89. The summed E-state index contributed by atoms with van der Waals surface area (Å²) < 4.78 is 0. The molecule has 1 aromatic carbocycles. The highest BCUT2D eigenvalue weighted by Gasteiger charge is 2.33. The minimum atomic E-state index is -0.490. The van der Waals surface area contributed by atoms with Gasteiger partial charge >= 0.3 is 0 Å². The highest BCUT2D eigenvalue weighted by atomic mass is 35.5. The molecule has 2 aliphatic rings. The van der Waals surface area contributed by atoms with Crippen molar-refractivity contribution in [2.24, 2.45) is 5.92 Å². The SMILES string of the molecule is CC1CC(C(=O)N2CCC(C(O)c3ccc(Cl)cc3)CC2)NN1. The first kappa shape index (κ1) is 16.7. The van der Waals surface area contributed by atoms with E-state index in [4.69, 9.17) is 11.6 Å². The number of nitrogens with one attached hydrogen (secondary N) is 2. The first-order valence-electron chi connectivity index (χ1n) is 8.28. The number of aliphatic hydroxyl groups excluding tert-OH is 1. The average Bonchev–Trinajstić information content (AvgIpc) is 3.01. The number of hydrogen-bond donors (Lipinski definition) is 3. The Kier molecular flexibility index (Phi) is 5.21. The second-order valence-electron chi connectivity index (χ2n) is 6.64. The van der Waals surface area contributed by atoms with E-state index in [9.17, 15) is 9.90 Å². The van der Waals surface area contributed by atoms with Gasteiger partial charge in [0.05, 0.1) is 6.10 Å². The first-order valence-corrected chi connectivity index (χ1v) is 8.66. The van der Waals surface area contributed by atoms with Crippen molar-refractivity contribution in [2.45, 2.75) is 44.4 Å². The zero-order valence-corrected chi connectivity index (χ0v) is 14.1. The molecular formula is C17H24ClN3O2. The van der Waals surface area contributed by atoms with Crippen LogP contribution in [0.1, 0.15) is 37.9 Å². The third-order valence-corrected chi connectivity index (χ3v) is 5.15.